The highest BCUT2D eigenvalue weighted by Crippen LogP contribution is 2.37. The molecule has 6 heteroatoms. The van der Waals surface area contributed by atoms with Crippen LogP contribution < -0.4 is 0 Å². The van der Waals surface area contributed by atoms with Gasteiger partial charge in [0.1, 0.15) is 11.6 Å². The molecule has 1 N–H and O–H groups in total. The zero-order valence-corrected chi connectivity index (χ0v) is 9.79. The summed E-state index contributed by atoms with van der Waals surface area (Å²) in [6, 6.07) is 7.81. The Balaban J connectivity index is 2.56. The van der Waals surface area contributed by atoms with Crippen LogP contribution in [0, 0.1) is 0 Å². The van der Waals surface area contributed by atoms with Crippen molar-refractivity contribution < 1.29 is 18.7 Å². The lowest BCUT2D eigenvalue weighted by Crippen LogP contribution is -2.19. The van der Waals surface area contributed by atoms with Gasteiger partial charge < -0.3 is 5.11 Å². The van der Waals surface area contributed by atoms with E-state index < -0.39 is 23.9 Å². The number of carboxylic acid groups (broad SMARTS) is 1. The summed E-state index contributed by atoms with van der Waals surface area (Å²) in [5.74, 6) is -5.14. The number of hydrogen-bond donors (Lipinski definition) is 1. The van der Waals surface area contributed by atoms with E-state index in [-0.39, 0.29) is 5.15 Å². The number of halogens is 3. The van der Waals surface area contributed by atoms with Crippen LogP contribution in [0.15, 0.2) is 30.3 Å². The number of aromatic nitrogens is 1. The number of pyridine rings is 1. The van der Waals surface area contributed by atoms with Gasteiger partial charge in [0.15, 0.2) is 0 Å². The summed E-state index contributed by atoms with van der Waals surface area (Å²) in [6.45, 7) is 0. The van der Waals surface area contributed by atoms with Crippen molar-refractivity contribution >= 4 is 28.5 Å². The molecule has 3 nitrogen and oxygen atoms in total. The van der Waals surface area contributed by atoms with E-state index in [2.05, 4.69) is 4.98 Å². The van der Waals surface area contributed by atoms with Gasteiger partial charge in [-0.3, -0.25) is 4.79 Å². The number of aliphatic carboxylic acids is 1. The molecule has 0 spiro atoms. The minimum atomic E-state index is -3.54. The van der Waals surface area contributed by atoms with Gasteiger partial charge in [-0.15, -0.1) is 0 Å². The molecular weight excluding hydrogens is 264 g/mol. The molecule has 1 aromatic carbocycles. The third-order valence-corrected chi connectivity index (χ3v) is 2.73. The van der Waals surface area contributed by atoms with Crippen LogP contribution in [0.5, 0.6) is 0 Å². The van der Waals surface area contributed by atoms with E-state index in [4.69, 9.17) is 16.7 Å². The Labute approximate surface area is 106 Å². The predicted molar refractivity (Wildman–Crippen MR) is 62.9 cm³/mol. The van der Waals surface area contributed by atoms with Crippen LogP contribution in [0.1, 0.15) is 12.0 Å². The van der Waals surface area contributed by atoms with E-state index in [9.17, 15) is 13.6 Å². The number of rotatable bonds is 3. The standard InChI is InChI=1S/C12H8ClF2NO2/c13-11-8(12(14,15)6-10(17)18)5-7-3-1-2-4-9(7)16-11/h1-5H,6H2,(H,17,18). The summed E-state index contributed by atoms with van der Waals surface area (Å²) in [4.78, 5) is 14.3. The lowest BCUT2D eigenvalue weighted by atomic mass is 10.1. The largest absolute Gasteiger partial charge is 0.481 e. The van der Waals surface area contributed by atoms with Crippen molar-refractivity contribution in [3.63, 3.8) is 0 Å². The lowest BCUT2D eigenvalue weighted by Gasteiger charge is -2.16. The highest BCUT2D eigenvalue weighted by atomic mass is 35.5. The second kappa shape index (κ2) is 4.49. The van der Waals surface area contributed by atoms with Crippen molar-refractivity contribution in [1.29, 1.82) is 0 Å². The second-order valence-electron chi connectivity index (χ2n) is 3.79. The van der Waals surface area contributed by atoms with Gasteiger partial charge in [-0.2, -0.15) is 0 Å². The fourth-order valence-corrected chi connectivity index (χ4v) is 1.92. The number of alkyl halides is 2. The molecule has 2 rings (SSSR count). The number of benzene rings is 1. The summed E-state index contributed by atoms with van der Waals surface area (Å²) in [5.41, 5.74) is -0.0809. The molecule has 2 aromatic rings. The molecule has 94 valence electrons. The minimum Gasteiger partial charge on any atom is -0.481 e. The van der Waals surface area contributed by atoms with Gasteiger partial charge >= 0.3 is 5.97 Å². The van der Waals surface area contributed by atoms with Gasteiger partial charge in [-0.1, -0.05) is 29.8 Å². The van der Waals surface area contributed by atoms with Crippen molar-refractivity contribution in [2.24, 2.45) is 0 Å². The molecule has 1 aromatic heterocycles. The second-order valence-corrected chi connectivity index (χ2v) is 4.15. The Kier molecular flexibility index (Phi) is 3.17. The zero-order valence-electron chi connectivity index (χ0n) is 9.03. The molecule has 0 amide bonds. The van der Waals surface area contributed by atoms with Gasteiger partial charge in [0, 0.05) is 5.39 Å². The highest BCUT2D eigenvalue weighted by Gasteiger charge is 2.37. The summed E-state index contributed by atoms with van der Waals surface area (Å²) < 4.78 is 27.4. The third-order valence-electron chi connectivity index (χ3n) is 2.44. The highest BCUT2D eigenvalue weighted by molar-refractivity contribution is 6.30. The van der Waals surface area contributed by atoms with Gasteiger partial charge in [0.25, 0.3) is 5.92 Å². The van der Waals surface area contributed by atoms with Crippen LogP contribution in [0.2, 0.25) is 5.15 Å². The molecule has 18 heavy (non-hydrogen) atoms. The monoisotopic (exact) mass is 271 g/mol. The lowest BCUT2D eigenvalue weighted by molar-refractivity contribution is -0.145. The normalized spacial score (nSPS) is 11.7. The topological polar surface area (TPSA) is 50.2 Å². The Morgan fingerprint density at radius 1 is 1.39 bits per heavy atom. The molecule has 0 aliphatic carbocycles. The molecule has 0 saturated heterocycles. The molecule has 0 fully saturated rings. The van der Waals surface area contributed by atoms with Crippen LogP contribution in [-0.2, 0) is 10.7 Å². The minimum absolute atomic E-state index is 0.375. The molecule has 0 aliphatic rings. The van der Waals surface area contributed by atoms with Gasteiger partial charge in [0.05, 0.1) is 11.1 Å². The quantitative estimate of drug-likeness (QED) is 0.870. The van der Waals surface area contributed by atoms with Crippen molar-refractivity contribution in [1.82, 2.24) is 4.98 Å². The smallest absolute Gasteiger partial charge is 0.309 e. The van der Waals surface area contributed by atoms with E-state index in [1.54, 1.807) is 24.3 Å². The average Bonchev–Trinajstić information content (AvgIpc) is 2.26. The number of carbonyl (C=O) groups is 1. The summed E-state index contributed by atoms with van der Waals surface area (Å²) in [6.07, 6.45) is -1.31. The van der Waals surface area contributed by atoms with E-state index in [0.29, 0.717) is 10.9 Å². The maximum Gasteiger partial charge on any atom is 0.309 e. The summed E-state index contributed by atoms with van der Waals surface area (Å²) in [7, 11) is 0. The number of carboxylic acids is 1. The third kappa shape index (κ3) is 2.41. The Morgan fingerprint density at radius 3 is 2.72 bits per heavy atom. The molecule has 0 bridgehead atoms. The van der Waals surface area contributed by atoms with Crippen LogP contribution in [-0.4, -0.2) is 16.1 Å². The van der Waals surface area contributed by atoms with Crippen LogP contribution in [0.25, 0.3) is 10.9 Å². The fourth-order valence-electron chi connectivity index (χ4n) is 1.63. The maximum absolute atomic E-state index is 13.7. The molecular formula is C12H8ClF2NO2. The average molecular weight is 272 g/mol. The van der Waals surface area contributed by atoms with Crippen molar-refractivity contribution in [2.45, 2.75) is 12.3 Å². The first-order valence-corrected chi connectivity index (χ1v) is 5.43. The molecule has 0 unspecified atom stereocenters. The van der Waals surface area contributed by atoms with Crippen LogP contribution in [0.4, 0.5) is 8.78 Å². The van der Waals surface area contributed by atoms with Crippen LogP contribution in [0.3, 0.4) is 0 Å². The molecule has 0 radical (unpaired) electrons. The first-order valence-electron chi connectivity index (χ1n) is 5.05. The molecule has 0 saturated carbocycles. The first-order chi connectivity index (χ1) is 8.40. The number of fused-ring (bicyclic) bond motifs is 1. The van der Waals surface area contributed by atoms with Gasteiger partial charge in [-0.25, -0.2) is 13.8 Å². The first kappa shape index (κ1) is 12.7. The van der Waals surface area contributed by atoms with E-state index >= 15 is 0 Å². The molecule has 0 atom stereocenters. The van der Waals surface area contributed by atoms with E-state index in [0.717, 1.165) is 0 Å². The SMILES string of the molecule is O=C(O)CC(F)(F)c1cc2ccccc2nc1Cl. The number of hydrogen-bond acceptors (Lipinski definition) is 2. The number of para-hydroxylation sites is 1. The predicted octanol–water partition coefficient (Wildman–Crippen LogP) is 3.45. The van der Waals surface area contributed by atoms with Gasteiger partial charge in [0.2, 0.25) is 0 Å². The molecule has 0 aliphatic heterocycles. The van der Waals surface area contributed by atoms with E-state index in [1.807, 2.05) is 0 Å². The fraction of sp³-hybridized carbons (Fsp3) is 0.167. The Bertz CT molecular complexity index is 616. The Hall–Kier alpha value is -1.75. The summed E-state index contributed by atoms with van der Waals surface area (Å²) >= 11 is 5.69. The van der Waals surface area contributed by atoms with Crippen molar-refractivity contribution in [3.8, 4) is 0 Å². The van der Waals surface area contributed by atoms with Crippen LogP contribution >= 0.6 is 11.6 Å². The summed E-state index contributed by atoms with van der Waals surface area (Å²) in [5, 5.41) is 8.58. The maximum atomic E-state index is 13.7. The number of nitrogens with zero attached hydrogens (tertiary/aromatic N) is 1. The Morgan fingerprint density at radius 2 is 2.06 bits per heavy atom. The van der Waals surface area contributed by atoms with Gasteiger partial charge in [-0.05, 0) is 12.1 Å². The molecule has 1 heterocycles. The van der Waals surface area contributed by atoms with Crippen molar-refractivity contribution in [3.05, 3.63) is 41.0 Å². The zero-order chi connectivity index (χ0) is 13.3. The van der Waals surface area contributed by atoms with Crippen molar-refractivity contribution in [2.75, 3.05) is 0 Å². The van der Waals surface area contributed by atoms with E-state index in [1.165, 1.54) is 6.07 Å².